The summed E-state index contributed by atoms with van der Waals surface area (Å²) in [5.41, 5.74) is 2.27. The van der Waals surface area contributed by atoms with Crippen LogP contribution in [-0.2, 0) is 13.0 Å². The Morgan fingerprint density at radius 1 is 1.12 bits per heavy atom. The Hall–Kier alpha value is -2.47. The second-order valence-corrected chi connectivity index (χ2v) is 6.00. The van der Waals surface area contributed by atoms with Crippen molar-refractivity contribution in [3.05, 3.63) is 53.6 Å². The van der Waals surface area contributed by atoms with Gasteiger partial charge in [0, 0.05) is 13.1 Å². The predicted molar refractivity (Wildman–Crippen MR) is 101 cm³/mol. The van der Waals surface area contributed by atoms with Crippen LogP contribution in [0.1, 0.15) is 18.1 Å². The molecular weight excluding hydrogens is 336 g/mol. The third-order valence-electron chi connectivity index (χ3n) is 3.84. The summed E-state index contributed by atoms with van der Waals surface area (Å²) in [6, 6.07) is 14.0. The first kappa shape index (κ1) is 17.4. The topological polar surface area (TPSA) is 51.8 Å². The van der Waals surface area contributed by atoms with E-state index in [1.165, 1.54) is 5.56 Å². The number of rotatable bonds is 7. The average Bonchev–Trinajstić information content (AvgIpc) is 3.09. The lowest BCUT2D eigenvalue weighted by Gasteiger charge is -2.13. The van der Waals surface area contributed by atoms with Crippen LogP contribution in [0.25, 0.3) is 0 Å². The number of thiocarbonyl (C=S) groups is 1. The average molecular weight is 358 g/mol. The van der Waals surface area contributed by atoms with E-state index in [-0.39, 0.29) is 6.79 Å². The van der Waals surface area contributed by atoms with Crippen LogP contribution in [0.3, 0.4) is 0 Å². The molecule has 0 atom stereocenters. The van der Waals surface area contributed by atoms with E-state index in [1.807, 2.05) is 43.3 Å². The summed E-state index contributed by atoms with van der Waals surface area (Å²) in [4.78, 5) is 0. The number of benzene rings is 2. The molecule has 2 aromatic rings. The summed E-state index contributed by atoms with van der Waals surface area (Å²) < 4.78 is 16.3. The van der Waals surface area contributed by atoms with Crippen LogP contribution >= 0.6 is 12.2 Å². The van der Waals surface area contributed by atoms with Gasteiger partial charge in [0.15, 0.2) is 16.6 Å². The maximum absolute atomic E-state index is 5.64. The molecule has 6 heteroatoms. The van der Waals surface area contributed by atoms with Crippen molar-refractivity contribution in [2.24, 2.45) is 0 Å². The molecule has 0 saturated carbocycles. The van der Waals surface area contributed by atoms with Gasteiger partial charge in [-0.2, -0.15) is 0 Å². The number of ether oxygens (including phenoxy) is 3. The zero-order chi connectivity index (χ0) is 17.5. The second-order valence-electron chi connectivity index (χ2n) is 5.59. The third-order valence-corrected chi connectivity index (χ3v) is 4.13. The van der Waals surface area contributed by atoms with Crippen molar-refractivity contribution in [2.45, 2.75) is 19.9 Å². The van der Waals surface area contributed by atoms with Gasteiger partial charge in [0.2, 0.25) is 6.79 Å². The van der Waals surface area contributed by atoms with Crippen molar-refractivity contribution in [1.82, 2.24) is 10.6 Å². The van der Waals surface area contributed by atoms with Crippen molar-refractivity contribution in [3.63, 3.8) is 0 Å². The maximum atomic E-state index is 5.64. The lowest BCUT2D eigenvalue weighted by molar-refractivity contribution is 0.174. The number of fused-ring (bicyclic) bond motifs is 1. The summed E-state index contributed by atoms with van der Waals surface area (Å²) in [6.45, 7) is 4.33. The largest absolute Gasteiger partial charge is 0.494 e. The van der Waals surface area contributed by atoms with Gasteiger partial charge in [0.1, 0.15) is 5.75 Å². The molecule has 0 spiro atoms. The fourth-order valence-electron chi connectivity index (χ4n) is 2.61. The van der Waals surface area contributed by atoms with Gasteiger partial charge in [-0.15, -0.1) is 0 Å². The van der Waals surface area contributed by atoms with Crippen LogP contribution in [-0.4, -0.2) is 25.1 Å². The molecule has 0 amide bonds. The Kier molecular flexibility index (Phi) is 5.95. The monoisotopic (exact) mass is 358 g/mol. The third kappa shape index (κ3) is 4.76. The number of hydrogen-bond acceptors (Lipinski definition) is 4. The molecule has 2 aromatic carbocycles. The van der Waals surface area contributed by atoms with Crippen LogP contribution in [0, 0.1) is 0 Å². The molecule has 3 rings (SSSR count). The highest BCUT2D eigenvalue weighted by Crippen LogP contribution is 2.32. The zero-order valence-corrected chi connectivity index (χ0v) is 15.0. The summed E-state index contributed by atoms with van der Waals surface area (Å²) in [7, 11) is 0. The molecule has 0 bridgehead atoms. The molecular formula is C19H22N2O3S. The fraction of sp³-hybridized carbons (Fsp3) is 0.316. The lowest BCUT2D eigenvalue weighted by Crippen LogP contribution is -2.35. The van der Waals surface area contributed by atoms with Crippen LogP contribution in [0.15, 0.2) is 42.5 Å². The van der Waals surface area contributed by atoms with Crippen molar-refractivity contribution in [1.29, 1.82) is 0 Å². The van der Waals surface area contributed by atoms with E-state index in [9.17, 15) is 0 Å². The minimum Gasteiger partial charge on any atom is -0.494 e. The molecule has 0 aromatic heterocycles. The molecule has 132 valence electrons. The van der Waals surface area contributed by atoms with Crippen LogP contribution in [0.5, 0.6) is 17.2 Å². The van der Waals surface area contributed by atoms with Gasteiger partial charge in [0.25, 0.3) is 0 Å². The Bertz CT molecular complexity index is 736. The lowest BCUT2D eigenvalue weighted by atomic mass is 10.1. The molecule has 0 saturated heterocycles. The van der Waals surface area contributed by atoms with E-state index < -0.39 is 0 Å². The summed E-state index contributed by atoms with van der Waals surface area (Å²) in [5.74, 6) is 2.51. The van der Waals surface area contributed by atoms with Crippen LogP contribution in [0.2, 0.25) is 0 Å². The molecule has 0 radical (unpaired) electrons. The molecule has 25 heavy (non-hydrogen) atoms. The quantitative estimate of drug-likeness (QED) is 0.742. The Morgan fingerprint density at radius 3 is 2.84 bits per heavy atom. The van der Waals surface area contributed by atoms with E-state index in [0.717, 1.165) is 35.8 Å². The van der Waals surface area contributed by atoms with Crippen molar-refractivity contribution < 1.29 is 14.2 Å². The van der Waals surface area contributed by atoms with E-state index >= 15 is 0 Å². The second kappa shape index (κ2) is 8.58. The molecule has 1 aliphatic rings. The van der Waals surface area contributed by atoms with Gasteiger partial charge in [-0.3, -0.25) is 0 Å². The zero-order valence-electron chi connectivity index (χ0n) is 14.2. The number of nitrogens with one attached hydrogen (secondary N) is 2. The molecule has 5 nitrogen and oxygen atoms in total. The van der Waals surface area contributed by atoms with Gasteiger partial charge in [-0.05, 0) is 54.9 Å². The summed E-state index contributed by atoms with van der Waals surface area (Å²) in [6.07, 6.45) is 0.849. The molecule has 2 N–H and O–H groups in total. The van der Waals surface area contributed by atoms with Gasteiger partial charge in [-0.25, -0.2) is 0 Å². The minimum atomic E-state index is 0.287. The summed E-state index contributed by atoms with van der Waals surface area (Å²) >= 11 is 5.34. The Labute approximate surface area is 153 Å². The van der Waals surface area contributed by atoms with Crippen molar-refractivity contribution >= 4 is 17.3 Å². The highest BCUT2D eigenvalue weighted by Gasteiger charge is 2.13. The Balaban J connectivity index is 1.43. The van der Waals surface area contributed by atoms with Gasteiger partial charge < -0.3 is 24.8 Å². The summed E-state index contributed by atoms with van der Waals surface area (Å²) in [5, 5.41) is 7.07. The van der Waals surface area contributed by atoms with Crippen molar-refractivity contribution in [3.8, 4) is 17.2 Å². The van der Waals surface area contributed by atoms with Gasteiger partial charge in [0.05, 0.1) is 6.61 Å². The smallest absolute Gasteiger partial charge is 0.231 e. The van der Waals surface area contributed by atoms with Crippen molar-refractivity contribution in [2.75, 3.05) is 19.9 Å². The molecule has 1 aliphatic heterocycles. The first-order valence-corrected chi connectivity index (χ1v) is 8.78. The maximum Gasteiger partial charge on any atom is 0.231 e. The van der Waals surface area contributed by atoms with Crippen LogP contribution < -0.4 is 24.8 Å². The first-order valence-electron chi connectivity index (χ1n) is 8.37. The minimum absolute atomic E-state index is 0.287. The van der Waals surface area contributed by atoms with E-state index in [4.69, 9.17) is 26.4 Å². The van der Waals surface area contributed by atoms with E-state index in [0.29, 0.717) is 18.3 Å². The number of para-hydroxylation sites is 1. The molecule has 0 unspecified atom stereocenters. The highest BCUT2D eigenvalue weighted by molar-refractivity contribution is 7.80. The molecule has 1 heterocycles. The predicted octanol–water partition coefficient (Wildman–Crippen LogP) is 3.02. The van der Waals surface area contributed by atoms with E-state index in [2.05, 4.69) is 16.7 Å². The number of hydrogen-bond donors (Lipinski definition) is 2. The molecule has 0 fully saturated rings. The van der Waals surface area contributed by atoms with Gasteiger partial charge >= 0.3 is 0 Å². The first-order chi connectivity index (χ1) is 12.3. The highest BCUT2D eigenvalue weighted by atomic mass is 32.1. The standard InChI is InChI=1S/C19H22N2O3S/c1-2-22-16-6-4-3-5-15(16)9-10-20-19(25)21-12-14-7-8-17-18(11-14)24-13-23-17/h3-8,11H,2,9-10,12-13H2,1H3,(H2,20,21,25). The fourth-order valence-corrected chi connectivity index (χ4v) is 2.79. The molecule has 0 aliphatic carbocycles. The van der Waals surface area contributed by atoms with E-state index in [1.54, 1.807) is 0 Å². The SMILES string of the molecule is CCOc1ccccc1CCNC(=S)NCc1ccc2c(c1)OCO2. The Morgan fingerprint density at radius 2 is 1.96 bits per heavy atom. The van der Waals surface area contributed by atoms with Gasteiger partial charge in [-0.1, -0.05) is 24.3 Å². The van der Waals surface area contributed by atoms with Crippen LogP contribution in [0.4, 0.5) is 0 Å². The normalized spacial score (nSPS) is 11.9.